The Labute approximate surface area is 78.2 Å². The van der Waals surface area contributed by atoms with Gasteiger partial charge in [-0.1, -0.05) is 24.4 Å². The first kappa shape index (κ1) is 8.81. The van der Waals surface area contributed by atoms with E-state index in [1.54, 1.807) is 0 Å². The van der Waals surface area contributed by atoms with Crippen molar-refractivity contribution >= 4 is 29.0 Å². The first-order chi connectivity index (χ1) is 5.22. The molecule has 1 aliphatic heterocycles. The molecule has 0 radical (unpaired) electrons. The van der Waals surface area contributed by atoms with Crippen LogP contribution in [0.25, 0.3) is 0 Å². The summed E-state index contributed by atoms with van der Waals surface area (Å²) in [6.07, 6.45) is 8.17. The highest BCUT2D eigenvalue weighted by Gasteiger charge is 2.11. The van der Waals surface area contributed by atoms with E-state index in [0.29, 0.717) is 0 Å². The van der Waals surface area contributed by atoms with Gasteiger partial charge in [-0.3, -0.25) is 0 Å². The normalized spacial score (nSPS) is 18.5. The van der Waals surface area contributed by atoms with Gasteiger partial charge in [0.2, 0.25) is 0 Å². The van der Waals surface area contributed by atoms with Crippen LogP contribution in [0, 0.1) is 0 Å². The van der Waals surface area contributed by atoms with Crippen LogP contribution >= 0.6 is 24.8 Å². The summed E-state index contributed by atoms with van der Waals surface area (Å²) in [7, 11) is 0. The molecule has 1 unspecified atom stereocenters. The van der Waals surface area contributed by atoms with E-state index >= 15 is 0 Å². The summed E-state index contributed by atoms with van der Waals surface area (Å²) < 4.78 is 0.741. The molecule has 1 rings (SSSR count). The number of thiol groups is 1. The van der Waals surface area contributed by atoms with Crippen molar-refractivity contribution in [2.45, 2.75) is 13.0 Å². The average Bonchev–Trinajstić information content (AvgIpc) is 2.05. The zero-order chi connectivity index (χ0) is 8.27. The van der Waals surface area contributed by atoms with Crippen molar-refractivity contribution in [1.29, 1.82) is 0 Å². The standard InChI is InChI=1S/C8H11NS2/c1-7(8(10)11)9-5-3-2-4-6-9/h2-5,7H,6H2,1H3,(H,10,11). The molecule has 0 saturated carbocycles. The Balaban J connectivity index is 2.55. The molecule has 0 saturated heterocycles. The molecule has 1 aliphatic rings. The molecular formula is C8H11NS2. The minimum absolute atomic E-state index is 0.245. The van der Waals surface area contributed by atoms with Crippen molar-refractivity contribution in [3.05, 3.63) is 24.4 Å². The van der Waals surface area contributed by atoms with Crippen LogP contribution in [0.1, 0.15) is 6.92 Å². The molecule has 3 heteroatoms. The first-order valence-corrected chi connectivity index (χ1v) is 4.39. The van der Waals surface area contributed by atoms with Crippen LogP contribution in [0.2, 0.25) is 0 Å². The van der Waals surface area contributed by atoms with Crippen LogP contribution in [-0.2, 0) is 0 Å². The van der Waals surface area contributed by atoms with Gasteiger partial charge in [-0.25, -0.2) is 0 Å². The van der Waals surface area contributed by atoms with Gasteiger partial charge in [0.15, 0.2) is 0 Å². The number of rotatable bonds is 2. The third-order valence-corrected chi connectivity index (χ3v) is 2.41. The zero-order valence-corrected chi connectivity index (χ0v) is 8.11. The van der Waals surface area contributed by atoms with Crippen LogP contribution in [0.3, 0.4) is 0 Å². The van der Waals surface area contributed by atoms with Gasteiger partial charge in [0.1, 0.15) is 0 Å². The Morgan fingerprint density at radius 1 is 1.64 bits per heavy atom. The summed E-state index contributed by atoms with van der Waals surface area (Å²) in [6.45, 7) is 2.98. The first-order valence-electron chi connectivity index (χ1n) is 3.53. The van der Waals surface area contributed by atoms with Gasteiger partial charge in [0, 0.05) is 6.54 Å². The number of allylic oxidation sites excluding steroid dienone is 2. The lowest BCUT2D eigenvalue weighted by molar-refractivity contribution is 0.390. The second-order valence-electron chi connectivity index (χ2n) is 2.48. The molecule has 0 amide bonds. The zero-order valence-electron chi connectivity index (χ0n) is 6.40. The van der Waals surface area contributed by atoms with Crippen LogP contribution in [0.15, 0.2) is 24.4 Å². The minimum atomic E-state index is 0.245. The molecule has 1 nitrogen and oxygen atoms in total. The Kier molecular flexibility index (Phi) is 3.15. The summed E-state index contributed by atoms with van der Waals surface area (Å²) in [5, 5.41) is 0. The van der Waals surface area contributed by atoms with Gasteiger partial charge in [-0.15, -0.1) is 12.6 Å². The summed E-state index contributed by atoms with van der Waals surface area (Å²) in [5.74, 6) is 0. The largest absolute Gasteiger partial charge is 0.366 e. The molecule has 0 spiro atoms. The minimum Gasteiger partial charge on any atom is -0.366 e. The lowest BCUT2D eigenvalue weighted by Crippen LogP contribution is -2.32. The van der Waals surface area contributed by atoms with Crippen LogP contribution in [0.5, 0.6) is 0 Å². The van der Waals surface area contributed by atoms with Crippen molar-refractivity contribution < 1.29 is 0 Å². The molecular weight excluding hydrogens is 174 g/mol. The summed E-state index contributed by atoms with van der Waals surface area (Å²) >= 11 is 9.10. The van der Waals surface area contributed by atoms with E-state index in [-0.39, 0.29) is 6.04 Å². The number of nitrogens with zero attached hydrogens (tertiary/aromatic N) is 1. The fourth-order valence-electron chi connectivity index (χ4n) is 0.911. The van der Waals surface area contributed by atoms with Crippen molar-refractivity contribution in [2.24, 2.45) is 0 Å². The lowest BCUT2D eigenvalue weighted by atomic mass is 10.3. The fraction of sp³-hybridized carbons (Fsp3) is 0.375. The third-order valence-electron chi connectivity index (χ3n) is 1.70. The Morgan fingerprint density at radius 2 is 2.36 bits per heavy atom. The van der Waals surface area contributed by atoms with Crippen LogP contribution in [-0.4, -0.2) is 21.7 Å². The van der Waals surface area contributed by atoms with Gasteiger partial charge >= 0.3 is 0 Å². The quantitative estimate of drug-likeness (QED) is 0.518. The van der Waals surface area contributed by atoms with Crippen molar-refractivity contribution in [3.63, 3.8) is 0 Å². The molecule has 0 N–H and O–H groups in total. The summed E-state index contributed by atoms with van der Waals surface area (Å²) in [6, 6.07) is 0.245. The van der Waals surface area contributed by atoms with Crippen molar-refractivity contribution in [2.75, 3.05) is 6.54 Å². The molecule has 0 aromatic heterocycles. The van der Waals surface area contributed by atoms with Crippen LogP contribution in [0.4, 0.5) is 0 Å². The predicted octanol–water partition coefficient (Wildman–Crippen LogP) is 2.02. The Bertz CT molecular complexity index is 208. The highest BCUT2D eigenvalue weighted by molar-refractivity contribution is 8.11. The molecule has 1 heterocycles. The van der Waals surface area contributed by atoms with Crippen molar-refractivity contribution in [3.8, 4) is 0 Å². The maximum Gasteiger partial charge on any atom is 0.0671 e. The second-order valence-corrected chi connectivity index (χ2v) is 3.70. The van der Waals surface area contributed by atoms with Crippen LogP contribution < -0.4 is 0 Å². The SMILES string of the molecule is CC(C(=S)S)N1C=CC=CC1. The molecule has 1 atom stereocenters. The van der Waals surface area contributed by atoms with E-state index in [1.165, 1.54) is 0 Å². The highest BCUT2D eigenvalue weighted by Crippen LogP contribution is 2.08. The highest BCUT2D eigenvalue weighted by atomic mass is 32.1. The van der Waals surface area contributed by atoms with E-state index in [9.17, 15) is 0 Å². The van der Waals surface area contributed by atoms with Gasteiger partial charge in [0.25, 0.3) is 0 Å². The van der Waals surface area contributed by atoms with E-state index in [0.717, 1.165) is 10.7 Å². The average molecular weight is 185 g/mol. The number of hydrogen-bond donors (Lipinski definition) is 1. The van der Waals surface area contributed by atoms with E-state index in [4.69, 9.17) is 12.2 Å². The van der Waals surface area contributed by atoms with Gasteiger partial charge < -0.3 is 4.90 Å². The maximum atomic E-state index is 4.96. The molecule has 0 aliphatic carbocycles. The van der Waals surface area contributed by atoms with Gasteiger partial charge in [-0.2, -0.15) is 0 Å². The van der Waals surface area contributed by atoms with Gasteiger partial charge in [0.05, 0.1) is 10.2 Å². The molecule has 0 aromatic carbocycles. The summed E-state index contributed by atoms with van der Waals surface area (Å²) in [5.41, 5.74) is 0. The molecule has 0 bridgehead atoms. The monoisotopic (exact) mass is 185 g/mol. The second kappa shape index (κ2) is 3.93. The number of thiocarbonyl (C=S) groups is 1. The maximum absolute atomic E-state index is 4.96. The Morgan fingerprint density at radius 3 is 2.82 bits per heavy atom. The third kappa shape index (κ3) is 2.34. The smallest absolute Gasteiger partial charge is 0.0671 e. The van der Waals surface area contributed by atoms with Crippen molar-refractivity contribution in [1.82, 2.24) is 4.90 Å². The van der Waals surface area contributed by atoms with E-state index in [1.807, 2.05) is 18.4 Å². The molecule has 60 valence electrons. The topological polar surface area (TPSA) is 3.24 Å². The lowest BCUT2D eigenvalue weighted by Gasteiger charge is -2.26. The summed E-state index contributed by atoms with van der Waals surface area (Å²) in [4.78, 5) is 2.15. The molecule has 0 aromatic rings. The number of hydrogen-bond acceptors (Lipinski definition) is 2. The molecule has 11 heavy (non-hydrogen) atoms. The Hall–Kier alpha value is -0.280. The fourth-order valence-corrected chi connectivity index (χ4v) is 1.20. The van der Waals surface area contributed by atoms with E-state index < -0.39 is 0 Å². The molecule has 0 fully saturated rings. The van der Waals surface area contributed by atoms with Gasteiger partial charge in [-0.05, 0) is 19.2 Å². The predicted molar refractivity (Wildman–Crippen MR) is 56.0 cm³/mol. The van der Waals surface area contributed by atoms with E-state index in [2.05, 4.69) is 30.5 Å².